The normalized spacial score (nSPS) is 15.8. The maximum Gasteiger partial charge on any atom is 0.133 e. The molecule has 0 saturated carbocycles. The first kappa shape index (κ1) is 10.2. The third-order valence-electron chi connectivity index (χ3n) is 2.51. The molecule has 4 heteroatoms. The van der Waals surface area contributed by atoms with E-state index in [1.165, 1.54) is 0 Å². The number of nitrogens with zero attached hydrogens (tertiary/aromatic N) is 3. The Bertz CT molecular complexity index is 280. The SMILES string of the molecule is Cc1nnc(CC(C)C(C)O)n1C. The van der Waals surface area contributed by atoms with Gasteiger partial charge in [-0.15, -0.1) is 10.2 Å². The minimum Gasteiger partial charge on any atom is -0.393 e. The van der Waals surface area contributed by atoms with Gasteiger partial charge in [0.25, 0.3) is 0 Å². The Morgan fingerprint density at radius 3 is 2.38 bits per heavy atom. The van der Waals surface area contributed by atoms with Gasteiger partial charge in [-0.3, -0.25) is 0 Å². The first-order chi connectivity index (χ1) is 6.02. The van der Waals surface area contributed by atoms with E-state index >= 15 is 0 Å². The maximum atomic E-state index is 9.32. The van der Waals surface area contributed by atoms with Crippen LogP contribution in [-0.4, -0.2) is 26.0 Å². The van der Waals surface area contributed by atoms with E-state index in [2.05, 4.69) is 10.2 Å². The fourth-order valence-electron chi connectivity index (χ4n) is 1.09. The van der Waals surface area contributed by atoms with Gasteiger partial charge in [0.1, 0.15) is 11.6 Å². The molecular weight excluding hydrogens is 166 g/mol. The molecule has 0 saturated heterocycles. The average molecular weight is 183 g/mol. The van der Waals surface area contributed by atoms with Gasteiger partial charge in [0.15, 0.2) is 0 Å². The second-order valence-electron chi connectivity index (χ2n) is 3.64. The van der Waals surface area contributed by atoms with E-state index in [0.29, 0.717) is 0 Å². The van der Waals surface area contributed by atoms with Gasteiger partial charge in [0.2, 0.25) is 0 Å². The number of hydrogen-bond donors (Lipinski definition) is 1. The lowest BCUT2D eigenvalue weighted by Crippen LogP contribution is -2.17. The lowest BCUT2D eigenvalue weighted by atomic mass is 10.0. The Labute approximate surface area is 78.6 Å². The Kier molecular flexibility index (Phi) is 3.03. The molecule has 0 radical (unpaired) electrons. The molecule has 0 amide bonds. The van der Waals surface area contributed by atoms with Crippen LogP contribution in [0.25, 0.3) is 0 Å². The van der Waals surface area contributed by atoms with Crippen molar-refractivity contribution in [3.63, 3.8) is 0 Å². The first-order valence-corrected chi connectivity index (χ1v) is 4.55. The molecule has 1 aromatic heterocycles. The summed E-state index contributed by atoms with van der Waals surface area (Å²) in [6.45, 7) is 5.73. The number of aliphatic hydroxyl groups is 1. The van der Waals surface area contributed by atoms with Crippen LogP contribution in [0.1, 0.15) is 25.5 Å². The van der Waals surface area contributed by atoms with E-state index in [4.69, 9.17) is 0 Å². The van der Waals surface area contributed by atoms with Gasteiger partial charge in [-0.25, -0.2) is 0 Å². The maximum absolute atomic E-state index is 9.32. The molecule has 1 N–H and O–H groups in total. The molecule has 0 aliphatic heterocycles. The molecule has 13 heavy (non-hydrogen) atoms. The molecular formula is C9H17N3O. The highest BCUT2D eigenvalue weighted by Crippen LogP contribution is 2.10. The van der Waals surface area contributed by atoms with Crippen molar-refractivity contribution in [3.05, 3.63) is 11.6 Å². The average Bonchev–Trinajstić information content (AvgIpc) is 2.36. The summed E-state index contributed by atoms with van der Waals surface area (Å²) in [7, 11) is 1.94. The van der Waals surface area contributed by atoms with Crippen LogP contribution < -0.4 is 0 Å². The van der Waals surface area contributed by atoms with Crippen LogP contribution in [0.4, 0.5) is 0 Å². The predicted molar refractivity (Wildman–Crippen MR) is 50.3 cm³/mol. The Morgan fingerprint density at radius 1 is 1.38 bits per heavy atom. The molecule has 2 unspecified atom stereocenters. The zero-order valence-electron chi connectivity index (χ0n) is 8.65. The smallest absolute Gasteiger partial charge is 0.133 e. The van der Waals surface area contributed by atoms with Gasteiger partial charge in [0.05, 0.1) is 6.10 Å². The lowest BCUT2D eigenvalue weighted by Gasteiger charge is -2.13. The van der Waals surface area contributed by atoms with Crippen molar-refractivity contribution >= 4 is 0 Å². The number of aryl methyl sites for hydroxylation is 1. The molecule has 1 aromatic rings. The molecule has 74 valence electrons. The summed E-state index contributed by atoms with van der Waals surface area (Å²) in [4.78, 5) is 0. The fourth-order valence-corrected chi connectivity index (χ4v) is 1.09. The summed E-state index contributed by atoms with van der Waals surface area (Å²) in [6.07, 6.45) is 0.478. The van der Waals surface area contributed by atoms with E-state index in [1.807, 2.05) is 25.5 Å². The largest absolute Gasteiger partial charge is 0.393 e. The number of hydrogen-bond acceptors (Lipinski definition) is 3. The van der Waals surface area contributed by atoms with Crippen molar-refractivity contribution in [2.75, 3.05) is 0 Å². The van der Waals surface area contributed by atoms with Crippen molar-refractivity contribution < 1.29 is 5.11 Å². The Balaban J connectivity index is 2.69. The third-order valence-corrected chi connectivity index (χ3v) is 2.51. The van der Waals surface area contributed by atoms with Crippen LogP contribution in [0.5, 0.6) is 0 Å². The summed E-state index contributed by atoms with van der Waals surface area (Å²) in [5, 5.41) is 17.3. The van der Waals surface area contributed by atoms with Crippen LogP contribution >= 0.6 is 0 Å². The molecule has 0 aromatic carbocycles. The topological polar surface area (TPSA) is 50.9 Å². The fraction of sp³-hybridized carbons (Fsp3) is 0.778. The quantitative estimate of drug-likeness (QED) is 0.749. The van der Waals surface area contributed by atoms with Crippen LogP contribution in [0, 0.1) is 12.8 Å². The van der Waals surface area contributed by atoms with Crippen molar-refractivity contribution in [2.24, 2.45) is 13.0 Å². The molecule has 1 heterocycles. The van der Waals surface area contributed by atoms with E-state index in [0.717, 1.165) is 18.1 Å². The van der Waals surface area contributed by atoms with Gasteiger partial charge >= 0.3 is 0 Å². The van der Waals surface area contributed by atoms with E-state index < -0.39 is 0 Å². The third kappa shape index (κ3) is 2.28. The molecule has 0 fully saturated rings. The first-order valence-electron chi connectivity index (χ1n) is 4.55. The van der Waals surface area contributed by atoms with Crippen molar-refractivity contribution in [1.82, 2.24) is 14.8 Å². The highest BCUT2D eigenvalue weighted by molar-refractivity contribution is 4.94. The number of rotatable bonds is 3. The Hall–Kier alpha value is -0.900. The molecule has 1 rings (SSSR count). The second kappa shape index (κ2) is 3.87. The van der Waals surface area contributed by atoms with Crippen molar-refractivity contribution in [3.8, 4) is 0 Å². The molecule has 0 aliphatic rings. The van der Waals surface area contributed by atoms with Crippen LogP contribution in [0.2, 0.25) is 0 Å². The summed E-state index contributed by atoms with van der Waals surface area (Å²) in [5.74, 6) is 2.07. The lowest BCUT2D eigenvalue weighted by molar-refractivity contribution is 0.133. The minimum atomic E-state index is -0.294. The van der Waals surface area contributed by atoms with Gasteiger partial charge in [-0.2, -0.15) is 0 Å². The number of aromatic nitrogens is 3. The highest BCUT2D eigenvalue weighted by atomic mass is 16.3. The summed E-state index contributed by atoms with van der Waals surface area (Å²) in [5.41, 5.74) is 0. The molecule has 0 aliphatic carbocycles. The van der Waals surface area contributed by atoms with Crippen LogP contribution in [0.15, 0.2) is 0 Å². The zero-order chi connectivity index (χ0) is 10.0. The van der Waals surface area contributed by atoms with Crippen molar-refractivity contribution in [1.29, 1.82) is 0 Å². The monoisotopic (exact) mass is 183 g/mol. The van der Waals surface area contributed by atoms with Gasteiger partial charge in [-0.1, -0.05) is 6.92 Å². The molecule has 2 atom stereocenters. The molecule has 0 bridgehead atoms. The predicted octanol–water partition coefficient (Wildman–Crippen LogP) is 0.683. The van der Waals surface area contributed by atoms with E-state index in [1.54, 1.807) is 6.92 Å². The van der Waals surface area contributed by atoms with E-state index in [-0.39, 0.29) is 12.0 Å². The summed E-state index contributed by atoms with van der Waals surface area (Å²) < 4.78 is 1.96. The van der Waals surface area contributed by atoms with Gasteiger partial charge < -0.3 is 9.67 Å². The van der Waals surface area contributed by atoms with Crippen LogP contribution in [0.3, 0.4) is 0 Å². The molecule has 0 spiro atoms. The van der Waals surface area contributed by atoms with Gasteiger partial charge in [-0.05, 0) is 19.8 Å². The van der Waals surface area contributed by atoms with Crippen LogP contribution in [-0.2, 0) is 13.5 Å². The summed E-state index contributed by atoms with van der Waals surface area (Å²) >= 11 is 0. The van der Waals surface area contributed by atoms with E-state index in [9.17, 15) is 5.11 Å². The highest BCUT2D eigenvalue weighted by Gasteiger charge is 2.13. The number of aliphatic hydroxyl groups excluding tert-OH is 1. The summed E-state index contributed by atoms with van der Waals surface area (Å²) in [6, 6.07) is 0. The Morgan fingerprint density at radius 2 is 2.00 bits per heavy atom. The zero-order valence-corrected chi connectivity index (χ0v) is 8.65. The standard InChI is InChI=1S/C9H17N3O/c1-6(7(2)13)5-9-11-10-8(3)12(9)4/h6-7,13H,5H2,1-4H3. The molecule has 4 nitrogen and oxygen atoms in total. The minimum absolute atomic E-state index is 0.224. The second-order valence-corrected chi connectivity index (χ2v) is 3.64. The van der Waals surface area contributed by atoms with Crippen molar-refractivity contribution in [2.45, 2.75) is 33.3 Å². The van der Waals surface area contributed by atoms with Gasteiger partial charge in [0, 0.05) is 13.5 Å².